The van der Waals surface area contributed by atoms with E-state index in [1.54, 1.807) is 0 Å². The van der Waals surface area contributed by atoms with Crippen LogP contribution in [0.25, 0.3) is 16.9 Å². The SMILES string of the molecule is Cn1nc(O/C(F)=C/C(F)C(F)(F)F)c(C(F)(F)F)c1-n1cc(-c2ccc(Cl)c(C(=O)NC3(C#N)CC3)c2)cn1. The largest absolute Gasteiger partial charge is 0.425 e. The number of hydrogen-bond donors (Lipinski definition) is 1. The molecule has 2 heterocycles. The van der Waals surface area contributed by atoms with Crippen molar-refractivity contribution in [1.82, 2.24) is 24.9 Å². The molecule has 1 aliphatic rings. The zero-order valence-electron chi connectivity index (χ0n) is 19.9. The highest BCUT2D eigenvalue weighted by Gasteiger charge is 2.45. The lowest BCUT2D eigenvalue weighted by Gasteiger charge is -2.11. The number of hydrogen-bond acceptors (Lipinski definition) is 5. The Bertz CT molecular complexity index is 1530. The summed E-state index contributed by atoms with van der Waals surface area (Å²) in [5.74, 6) is -2.94. The van der Waals surface area contributed by atoms with Crippen molar-refractivity contribution in [3.8, 4) is 28.9 Å². The van der Waals surface area contributed by atoms with Gasteiger partial charge in [-0.25, -0.2) is 13.8 Å². The smallest absolute Gasteiger partial charge is 0.410 e. The van der Waals surface area contributed by atoms with Gasteiger partial charge in [0.1, 0.15) is 5.54 Å². The fourth-order valence-corrected chi connectivity index (χ4v) is 3.75. The summed E-state index contributed by atoms with van der Waals surface area (Å²) in [6.07, 6.45) is -12.1. The molecule has 1 aromatic carbocycles. The molecule has 8 nitrogen and oxygen atoms in total. The van der Waals surface area contributed by atoms with E-state index in [1.807, 2.05) is 6.07 Å². The van der Waals surface area contributed by atoms with Crippen LogP contribution in [-0.2, 0) is 13.2 Å². The highest BCUT2D eigenvalue weighted by atomic mass is 35.5. The number of halogens is 9. The van der Waals surface area contributed by atoms with Crippen LogP contribution in [0.1, 0.15) is 28.8 Å². The van der Waals surface area contributed by atoms with Crippen LogP contribution in [0.2, 0.25) is 5.02 Å². The van der Waals surface area contributed by atoms with Crippen molar-refractivity contribution >= 4 is 17.5 Å². The van der Waals surface area contributed by atoms with Crippen LogP contribution in [0.3, 0.4) is 0 Å². The number of carbonyl (C=O) groups excluding carboxylic acids is 1. The second-order valence-corrected chi connectivity index (χ2v) is 9.06. The van der Waals surface area contributed by atoms with Gasteiger partial charge in [0, 0.05) is 24.9 Å². The molecular weight excluding hydrogens is 580 g/mol. The van der Waals surface area contributed by atoms with E-state index in [0.29, 0.717) is 27.8 Å². The summed E-state index contributed by atoms with van der Waals surface area (Å²) in [6.45, 7) is 0. The van der Waals surface area contributed by atoms with Crippen LogP contribution in [0.4, 0.5) is 35.1 Å². The first-order valence-corrected chi connectivity index (χ1v) is 11.4. The average molecular weight is 595 g/mol. The molecule has 1 N–H and O–H groups in total. The number of carbonyl (C=O) groups is 1. The molecule has 0 bridgehead atoms. The molecule has 1 saturated carbocycles. The third-order valence-electron chi connectivity index (χ3n) is 5.71. The fraction of sp³-hybridized carbons (Fsp3) is 0.304. The third kappa shape index (κ3) is 5.88. The van der Waals surface area contributed by atoms with E-state index in [2.05, 4.69) is 20.3 Å². The van der Waals surface area contributed by atoms with Gasteiger partial charge in [0.15, 0.2) is 11.4 Å². The van der Waals surface area contributed by atoms with E-state index in [9.17, 15) is 45.2 Å². The lowest BCUT2D eigenvalue weighted by atomic mass is 10.1. The molecule has 0 spiro atoms. The van der Waals surface area contributed by atoms with Gasteiger partial charge in [-0.2, -0.15) is 41.1 Å². The number of allylic oxidation sites excluding steroid dienone is 1. The quantitative estimate of drug-likeness (QED) is 0.275. The summed E-state index contributed by atoms with van der Waals surface area (Å²) in [7, 11) is 1.00. The van der Waals surface area contributed by atoms with Crippen molar-refractivity contribution < 1.29 is 44.7 Å². The Morgan fingerprint density at radius 2 is 1.93 bits per heavy atom. The summed E-state index contributed by atoms with van der Waals surface area (Å²) in [5.41, 5.74) is -2.21. The molecule has 1 atom stereocenters. The van der Waals surface area contributed by atoms with E-state index >= 15 is 0 Å². The Kier molecular flexibility index (Phi) is 7.30. The predicted octanol–water partition coefficient (Wildman–Crippen LogP) is 5.82. The third-order valence-corrected chi connectivity index (χ3v) is 6.04. The minimum Gasteiger partial charge on any atom is -0.410 e. The van der Waals surface area contributed by atoms with Crippen molar-refractivity contribution in [2.75, 3.05) is 0 Å². The molecule has 1 aliphatic carbocycles. The molecular formula is C23H15ClF8N6O2. The Labute approximate surface area is 224 Å². The van der Waals surface area contributed by atoms with Gasteiger partial charge < -0.3 is 10.1 Å². The minimum absolute atomic E-state index is 0.00655. The molecule has 0 saturated heterocycles. The first kappa shape index (κ1) is 28.9. The Morgan fingerprint density at radius 1 is 1.25 bits per heavy atom. The van der Waals surface area contributed by atoms with Gasteiger partial charge in [-0.05, 0) is 30.5 Å². The predicted molar refractivity (Wildman–Crippen MR) is 122 cm³/mol. The van der Waals surface area contributed by atoms with Crippen molar-refractivity contribution in [3.63, 3.8) is 0 Å². The molecule has 212 valence electrons. The zero-order chi connectivity index (χ0) is 29.6. The molecule has 17 heteroatoms. The number of aromatic nitrogens is 4. The zero-order valence-corrected chi connectivity index (χ0v) is 20.7. The number of amides is 1. The van der Waals surface area contributed by atoms with Crippen LogP contribution in [0.5, 0.6) is 5.88 Å². The number of nitrogens with zero attached hydrogens (tertiary/aromatic N) is 5. The fourth-order valence-electron chi connectivity index (χ4n) is 3.55. The maximum atomic E-state index is 13.9. The van der Waals surface area contributed by atoms with Crippen molar-refractivity contribution in [1.29, 1.82) is 5.26 Å². The second-order valence-electron chi connectivity index (χ2n) is 8.66. The number of rotatable bonds is 7. The summed E-state index contributed by atoms with van der Waals surface area (Å²) in [4.78, 5) is 12.7. The van der Waals surface area contributed by atoms with E-state index < -0.39 is 59.3 Å². The van der Waals surface area contributed by atoms with Gasteiger partial charge >= 0.3 is 12.4 Å². The van der Waals surface area contributed by atoms with Crippen molar-refractivity contribution in [3.05, 3.63) is 58.8 Å². The number of alkyl halides is 7. The number of benzene rings is 1. The Balaban J connectivity index is 1.68. The van der Waals surface area contributed by atoms with E-state index in [4.69, 9.17) is 11.6 Å². The average Bonchev–Trinajstić information content (AvgIpc) is 3.29. The van der Waals surface area contributed by atoms with Gasteiger partial charge in [0.2, 0.25) is 6.17 Å². The van der Waals surface area contributed by atoms with Gasteiger partial charge in [-0.15, -0.1) is 5.10 Å². The molecule has 4 rings (SSSR count). The molecule has 1 amide bonds. The maximum Gasteiger partial charge on any atom is 0.425 e. The van der Waals surface area contributed by atoms with E-state index in [0.717, 1.165) is 19.4 Å². The molecule has 0 radical (unpaired) electrons. The maximum absolute atomic E-state index is 13.9. The summed E-state index contributed by atoms with van der Waals surface area (Å²) >= 11 is 6.13. The number of aryl methyl sites for hydroxylation is 1. The van der Waals surface area contributed by atoms with Gasteiger partial charge in [0.25, 0.3) is 17.8 Å². The molecule has 1 fully saturated rings. The number of nitriles is 1. The van der Waals surface area contributed by atoms with Gasteiger partial charge in [0.05, 0.1) is 22.9 Å². The Hall–Kier alpha value is -4.13. The standard InChI is InChI=1S/C23H15ClF8N6O2/c1-37-20(17(23(30,31)32)19(36-37)40-16(26)7-15(25)22(27,28)29)38-9-12(8-34-38)11-2-3-14(24)13(6-11)18(39)35-21(10-33)4-5-21/h2-3,6-9,15H,4-5H2,1H3,(H,35,39)/b16-7+. The van der Waals surface area contributed by atoms with Crippen molar-refractivity contribution in [2.45, 2.75) is 36.9 Å². The summed E-state index contributed by atoms with van der Waals surface area (Å²) < 4.78 is 111. The van der Waals surface area contributed by atoms with Crippen LogP contribution in [0, 0.1) is 11.3 Å². The monoisotopic (exact) mass is 594 g/mol. The lowest BCUT2D eigenvalue weighted by Crippen LogP contribution is -2.35. The minimum atomic E-state index is -5.51. The highest BCUT2D eigenvalue weighted by molar-refractivity contribution is 6.34. The topological polar surface area (TPSA) is 97.8 Å². The lowest BCUT2D eigenvalue weighted by molar-refractivity contribution is -0.167. The van der Waals surface area contributed by atoms with Crippen LogP contribution in [0.15, 0.2) is 42.7 Å². The van der Waals surface area contributed by atoms with E-state index in [-0.39, 0.29) is 16.1 Å². The summed E-state index contributed by atoms with van der Waals surface area (Å²) in [5, 5.41) is 19.1. The number of ether oxygens (including phenoxy) is 1. The van der Waals surface area contributed by atoms with Gasteiger partial charge in [-0.1, -0.05) is 17.7 Å². The van der Waals surface area contributed by atoms with Crippen LogP contribution >= 0.6 is 11.6 Å². The normalized spacial score (nSPS) is 15.9. The molecule has 0 aliphatic heterocycles. The number of nitrogens with one attached hydrogen (secondary N) is 1. The van der Waals surface area contributed by atoms with E-state index in [1.165, 1.54) is 18.2 Å². The van der Waals surface area contributed by atoms with Gasteiger partial charge in [-0.3, -0.25) is 4.79 Å². The van der Waals surface area contributed by atoms with Crippen LogP contribution < -0.4 is 10.1 Å². The first-order chi connectivity index (χ1) is 18.5. The molecule has 1 unspecified atom stereocenters. The Morgan fingerprint density at radius 3 is 2.50 bits per heavy atom. The van der Waals surface area contributed by atoms with Crippen LogP contribution in [-0.4, -0.2) is 43.4 Å². The molecule has 2 aromatic heterocycles. The first-order valence-electron chi connectivity index (χ1n) is 11.0. The van der Waals surface area contributed by atoms with Crippen molar-refractivity contribution in [2.24, 2.45) is 7.05 Å². The second kappa shape index (κ2) is 10.1. The molecule has 40 heavy (non-hydrogen) atoms. The molecule has 3 aromatic rings. The highest BCUT2D eigenvalue weighted by Crippen LogP contribution is 2.41. The summed E-state index contributed by atoms with van der Waals surface area (Å²) in [6, 6.07) is 3.85.